The van der Waals surface area contributed by atoms with Crippen molar-refractivity contribution in [3.63, 3.8) is 0 Å². The van der Waals surface area contributed by atoms with Crippen LogP contribution < -0.4 is 10.4 Å². The fourth-order valence-electron chi connectivity index (χ4n) is 10.3. The van der Waals surface area contributed by atoms with Gasteiger partial charge >= 0.3 is 0 Å². The first-order valence-electron chi connectivity index (χ1n) is 15.4. The molecule has 0 spiro atoms. The molecule has 4 fully saturated rings. The quantitative estimate of drug-likeness (QED) is 0.133. The molecule has 0 saturated heterocycles. The molecule has 41 heavy (non-hydrogen) atoms. The van der Waals surface area contributed by atoms with Gasteiger partial charge in [-0.05, 0) is 99.7 Å². The van der Waals surface area contributed by atoms with Crippen molar-refractivity contribution >= 4 is 41.3 Å². The van der Waals surface area contributed by atoms with Crippen molar-refractivity contribution in [2.45, 2.75) is 97.3 Å². The lowest BCUT2D eigenvalue weighted by Crippen LogP contribution is -2.67. The van der Waals surface area contributed by atoms with Crippen molar-refractivity contribution < 1.29 is 9.16 Å². The van der Waals surface area contributed by atoms with Gasteiger partial charge in [-0.1, -0.05) is 95.3 Å². The molecule has 2 aromatic carbocycles. The maximum absolute atomic E-state index is 7.22. The molecule has 1 heterocycles. The van der Waals surface area contributed by atoms with Gasteiger partial charge in [-0.25, -0.2) is 0 Å². The Bertz CT molecular complexity index is 1320. The summed E-state index contributed by atoms with van der Waals surface area (Å²) in [6, 6.07) is 21.9. The predicted molar refractivity (Wildman–Crippen MR) is 178 cm³/mol. The van der Waals surface area contributed by atoms with Gasteiger partial charge in [-0.2, -0.15) is 5.10 Å². The van der Waals surface area contributed by atoms with Crippen molar-refractivity contribution in [3.05, 3.63) is 76.1 Å². The Morgan fingerprint density at radius 3 is 1.88 bits per heavy atom. The highest BCUT2D eigenvalue weighted by atomic mass is 127. The molecule has 4 bridgehead atoms. The molecule has 2 atom stereocenters. The molecule has 6 heteroatoms. The number of rotatable bonds is 9. The van der Waals surface area contributed by atoms with E-state index in [0.717, 1.165) is 13.0 Å². The average Bonchev–Trinajstić information content (AvgIpc) is 3.18. The minimum atomic E-state index is -2.57. The third kappa shape index (κ3) is 5.29. The molecule has 0 amide bonds. The zero-order valence-electron chi connectivity index (χ0n) is 25.8. The van der Waals surface area contributed by atoms with Crippen LogP contribution in [-0.4, -0.2) is 36.9 Å². The lowest BCUT2D eigenvalue weighted by molar-refractivity contribution is -0.249. The molecule has 0 N–H and O–H groups in total. The minimum absolute atomic E-state index is 0.0272. The maximum atomic E-state index is 7.22. The van der Waals surface area contributed by atoms with E-state index in [0.29, 0.717) is 24.0 Å². The number of hydrogen-bond donors (Lipinski definition) is 0. The molecule has 220 valence electrons. The topological polar surface area (TPSA) is 36.3 Å². The zero-order valence-corrected chi connectivity index (χ0v) is 29.0. The molecule has 7 rings (SSSR count). The summed E-state index contributed by atoms with van der Waals surface area (Å²) in [5, 5.41) is 7.43. The van der Waals surface area contributed by atoms with Gasteiger partial charge in [0.2, 0.25) is 0 Å². The van der Waals surface area contributed by atoms with Gasteiger partial charge in [-0.15, -0.1) is 0 Å². The van der Waals surface area contributed by atoms with E-state index in [-0.39, 0.29) is 16.1 Å². The van der Waals surface area contributed by atoms with Crippen LogP contribution in [-0.2, 0) is 15.7 Å². The van der Waals surface area contributed by atoms with E-state index in [1.165, 1.54) is 51.7 Å². The fraction of sp³-hybridized carbons (Fsp3) is 0.571. The number of benzene rings is 2. The number of nitrogens with zero attached hydrogens (tertiary/aromatic N) is 2. The van der Waals surface area contributed by atoms with E-state index in [2.05, 4.69) is 129 Å². The Labute approximate surface area is 261 Å². The Hall–Kier alpha value is -1.48. The van der Waals surface area contributed by atoms with Gasteiger partial charge in [0.05, 0.1) is 28.6 Å². The van der Waals surface area contributed by atoms with E-state index in [1.54, 1.807) is 0 Å². The highest BCUT2D eigenvalue weighted by Gasteiger charge is 2.66. The van der Waals surface area contributed by atoms with Crippen LogP contribution in [0.1, 0.15) is 78.8 Å². The Morgan fingerprint density at radius 2 is 1.39 bits per heavy atom. The SMILES string of the molecule is Cc1c(I)cnn1CC12CC3(C)CC(C)(C1)CC(OCCO[Si](c1ccccc1)(c1ccccc1)C(C)(C)C)(C3)C2. The van der Waals surface area contributed by atoms with E-state index in [1.807, 2.05) is 6.20 Å². The summed E-state index contributed by atoms with van der Waals surface area (Å²) in [7, 11) is -2.57. The van der Waals surface area contributed by atoms with Crippen molar-refractivity contribution in [2.24, 2.45) is 16.2 Å². The van der Waals surface area contributed by atoms with Crippen molar-refractivity contribution in [3.8, 4) is 0 Å². The molecule has 0 aliphatic heterocycles. The molecular weight excluding hydrogens is 635 g/mol. The highest BCUT2D eigenvalue weighted by molar-refractivity contribution is 14.1. The van der Waals surface area contributed by atoms with Crippen LogP contribution in [0, 0.1) is 26.7 Å². The summed E-state index contributed by atoms with van der Waals surface area (Å²) >= 11 is 2.42. The van der Waals surface area contributed by atoms with Crippen molar-refractivity contribution in [2.75, 3.05) is 13.2 Å². The van der Waals surface area contributed by atoms with Gasteiger partial charge in [0.1, 0.15) is 0 Å². The summed E-state index contributed by atoms with van der Waals surface area (Å²) < 4.78 is 17.9. The third-order valence-electron chi connectivity index (χ3n) is 10.4. The summed E-state index contributed by atoms with van der Waals surface area (Å²) in [5.41, 5.74) is 2.14. The Balaban J connectivity index is 1.25. The van der Waals surface area contributed by atoms with Crippen LogP contribution in [0.25, 0.3) is 0 Å². The smallest absolute Gasteiger partial charge is 0.261 e. The maximum Gasteiger partial charge on any atom is 0.261 e. The first-order valence-corrected chi connectivity index (χ1v) is 18.4. The van der Waals surface area contributed by atoms with Crippen LogP contribution >= 0.6 is 22.6 Å². The first-order chi connectivity index (χ1) is 19.3. The van der Waals surface area contributed by atoms with Crippen LogP contribution in [0.4, 0.5) is 0 Å². The molecule has 2 unspecified atom stereocenters. The Kier molecular flexibility index (Phi) is 7.44. The number of hydrogen-bond acceptors (Lipinski definition) is 3. The lowest BCUT2D eigenvalue weighted by Gasteiger charge is -2.69. The molecule has 4 aliphatic carbocycles. The fourth-order valence-corrected chi connectivity index (χ4v) is 15.2. The molecule has 4 aliphatic rings. The first kappa shape index (κ1) is 29.6. The van der Waals surface area contributed by atoms with E-state index >= 15 is 0 Å². The van der Waals surface area contributed by atoms with Crippen molar-refractivity contribution in [1.29, 1.82) is 0 Å². The monoisotopic (exact) mass is 682 g/mol. The molecular formula is C35H47IN2O2Si. The second kappa shape index (κ2) is 10.3. The van der Waals surface area contributed by atoms with Gasteiger partial charge < -0.3 is 9.16 Å². The summed E-state index contributed by atoms with van der Waals surface area (Å²) in [6.45, 7) is 16.6. The molecule has 4 saturated carbocycles. The second-order valence-electron chi connectivity index (χ2n) is 15.5. The molecule has 3 aromatic rings. The number of ether oxygens (including phenoxy) is 1. The van der Waals surface area contributed by atoms with Gasteiger partial charge in [-0.3, -0.25) is 4.68 Å². The van der Waals surface area contributed by atoms with Crippen LogP contribution in [0.5, 0.6) is 0 Å². The van der Waals surface area contributed by atoms with E-state index in [4.69, 9.17) is 14.3 Å². The largest absolute Gasteiger partial charge is 0.405 e. The van der Waals surface area contributed by atoms with Gasteiger partial charge in [0.15, 0.2) is 0 Å². The predicted octanol–water partition coefficient (Wildman–Crippen LogP) is 7.51. The third-order valence-corrected chi connectivity index (χ3v) is 16.5. The van der Waals surface area contributed by atoms with E-state index < -0.39 is 8.32 Å². The normalized spacial score (nSPS) is 31.1. The lowest BCUT2D eigenvalue weighted by atomic mass is 9.39. The van der Waals surface area contributed by atoms with Crippen LogP contribution in [0.15, 0.2) is 66.9 Å². The summed E-state index contributed by atoms with van der Waals surface area (Å²) in [5.74, 6) is 0. The Morgan fingerprint density at radius 1 is 0.829 bits per heavy atom. The van der Waals surface area contributed by atoms with Crippen molar-refractivity contribution in [1.82, 2.24) is 9.78 Å². The minimum Gasteiger partial charge on any atom is -0.405 e. The highest BCUT2D eigenvalue weighted by Crippen LogP contribution is 2.72. The van der Waals surface area contributed by atoms with E-state index in [9.17, 15) is 0 Å². The van der Waals surface area contributed by atoms with Crippen LogP contribution in [0.2, 0.25) is 5.04 Å². The molecule has 4 nitrogen and oxygen atoms in total. The zero-order chi connectivity index (χ0) is 29.2. The summed E-state index contributed by atoms with van der Waals surface area (Å²) in [6.07, 6.45) is 9.40. The number of aromatic nitrogens is 2. The van der Waals surface area contributed by atoms with Gasteiger partial charge in [0.25, 0.3) is 8.32 Å². The average molecular weight is 683 g/mol. The molecule has 0 radical (unpaired) electrons. The van der Waals surface area contributed by atoms with Crippen LogP contribution in [0.3, 0.4) is 0 Å². The molecule has 1 aromatic heterocycles. The van der Waals surface area contributed by atoms with Gasteiger partial charge in [0, 0.05) is 12.2 Å². The number of halogens is 1. The second-order valence-corrected chi connectivity index (χ2v) is 20.9. The standard InChI is InChI=1S/C35H47IN2O2Si/c1-27-30(36)19-37-38(27)26-34-21-32(5)20-33(6,22-34)24-35(23-32,25-34)39-17-18-40-41(31(2,3)4,28-13-9-7-10-14-28)29-15-11-8-12-16-29/h7-16,19H,17-18,20-26H2,1-6H3. The summed E-state index contributed by atoms with van der Waals surface area (Å²) in [4.78, 5) is 0.